The van der Waals surface area contributed by atoms with Crippen molar-refractivity contribution in [3.05, 3.63) is 18.0 Å². The van der Waals surface area contributed by atoms with Gasteiger partial charge < -0.3 is 10.4 Å². The van der Waals surface area contributed by atoms with Crippen molar-refractivity contribution in [1.29, 1.82) is 0 Å². The molecule has 1 aromatic rings. The summed E-state index contributed by atoms with van der Waals surface area (Å²) in [5.74, 6) is 0.399. The summed E-state index contributed by atoms with van der Waals surface area (Å²) < 4.78 is 1.79. The van der Waals surface area contributed by atoms with E-state index in [1.165, 1.54) is 0 Å². The highest BCUT2D eigenvalue weighted by molar-refractivity contribution is 4.97. The third-order valence-electron chi connectivity index (χ3n) is 3.02. The standard InChI is InChI=1S/C12H23N3O/c1-4-10(5-2)12(16)9-13-8-11-6-7-15(3)14-11/h6-7,10,12-13,16H,4-5,8-9H2,1-3H3. The van der Waals surface area contributed by atoms with Crippen LogP contribution in [0.1, 0.15) is 32.4 Å². The van der Waals surface area contributed by atoms with Crippen LogP contribution in [0.5, 0.6) is 0 Å². The average molecular weight is 225 g/mol. The maximum atomic E-state index is 9.90. The Morgan fingerprint density at radius 3 is 2.62 bits per heavy atom. The molecule has 0 aliphatic rings. The van der Waals surface area contributed by atoms with Crippen molar-refractivity contribution in [1.82, 2.24) is 15.1 Å². The first kappa shape index (κ1) is 13.2. The zero-order valence-electron chi connectivity index (χ0n) is 10.5. The first-order chi connectivity index (χ1) is 7.67. The topological polar surface area (TPSA) is 50.1 Å². The molecule has 0 amide bonds. The molecule has 92 valence electrons. The number of hydrogen-bond donors (Lipinski definition) is 2. The molecular weight excluding hydrogens is 202 g/mol. The third-order valence-corrected chi connectivity index (χ3v) is 3.02. The first-order valence-electron chi connectivity index (χ1n) is 6.04. The Balaban J connectivity index is 2.24. The fourth-order valence-corrected chi connectivity index (χ4v) is 1.91. The molecule has 4 heteroatoms. The van der Waals surface area contributed by atoms with E-state index in [9.17, 15) is 5.11 Å². The maximum absolute atomic E-state index is 9.90. The zero-order chi connectivity index (χ0) is 12.0. The first-order valence-corrected chi connectivity index (χ1v) is 6.04. The minimum Gasteiger partial charge on any atom is -0.392 e. The molecule has 4 nitrogen and oxygen atoms in total. The lowest BCUT2D eigenvalue weighted by atomic mass is 9.96. The third kappa shape index (κ3) is 3.94. The molecule has 0 aliphatic carbocycles. The van der Waals surface area contributed by atoms with Crippen molar-refractivity contribution >= 4 is 0 Å². The van der Waals surface area contributed by atoms with E-state index in [0.717, 1.165) is 25.1 Å². The predicted molar refractivity (Wildman–Crippen MR) is 65.0 cm³/mol. The number of nitrogens with one attached hydrogen (secondary N) is 1. The van der Waals surface area contributed by atoms with Crippen LogP contribution >= 0.6 is 0 Å². The Labute approximate surface area is 97.7 Å². The maximum Gasteiger partial charge on any atom is 0.0762 e. The number of hydrogen-bond acceptors (Lipinski definition) is 3. The Hall–Kier alpha value is -0.870. The van der Waals surface area contributed by atoms with E-state index in [2.05, 4.69) is 24.3 Å². The van der Waals surface area contributed by atoms with Crippen LogP contribution in [0.4, 0.5) is 0 Å². The SMILES string of the molecule is CCC(CC)C(O)CNCc1ccn(C)n1. The minimum atomic E-state index is -0.251. The second kappa shape index (κ2) is 6.66. The number of rotatable bonds is 7. The summed E-state index contributed by atoms with van der Waals surface area (Å²) in [7, 11) is 1.91. The molecule has 2 N–H and O–H groups in total. The summed E-state index contributed by atoms with van der Waals surface area (Å²) in [6.07, 6.45) is 3.74. The van der Waals surface area contributed by atoms with E-state index >= 15 is 0 Å². The fraction of sp³-hybridized carbons (Fsp3) is 0.750. The molecular formula is C12H23N3O. The molecule has 0 aromatic carbocycles. The van der Waals surface area contributed by atoms with E-state index in [4.69, 9.17) is 0 Å². The molecule has 0 saturated heterocycles. The second-order valence-electron chi connectivity index (χ2n) is 4.26. The summed E-state index contributed by atoms with van der Waals surface area (Å²) in [5, 5.41) is 17.4. The second-order valence-corrected chi connectivity index (χ2v) is 4.26. The lowest BCUT2D eigenvalue weighted by Crippen LogP contribution is -2.32. The van der Waals surface area contributed by atoms with Crippen LogP contribution in [0.2, 0.25) is 0 Å². The molecule has 0 saturated carbocycles. The highest BCUT2D eigenvalue weighted by Crippen LogP contribution is 2.12. The normalized spacial score (nSPS) is 13.3. The molecule has 0 bridgehead atoms. The highest BCUT2D eigenvalue weighted by Gasteiger charge is 2.14. The van der Waals surface area contributed by atoms with Crippen LogP contribution in [0, 0.1) is 5.92 Å². The molecule has 1 rings (SSSR count). The monoisotopic (exact) mass is 225 g/mol. The molecule has 1 atom stereocenters. The van der Waals surface area contributed by atoms with Crippen LogP contribution in [0.3, 0.4) is 0 Å². The molecule has 0 spiro atoms. The van der Waals surface area contributed by atoms with Gasteiger partial charge in [0.05, 0.1) is 11.8 Å². The lowest BCUT2D eigenvalue weighted by molar-refractivity contribution is 0.101. The van der Waals surface area contributed by atoms with Crippen molar-refractivity contribution in [3.63, 3.8) is 0 Å². The summed E-state index contributed by atoms with van der Waals surface area (Å²) in [6, 6.07) is 1.98. The Morgan fingerprint density at radius 1 is 1.44 bits per heavy atom. The number of aromatic nitrogens is 2. The van der Waals surface area contributed by atoms with Crippen LogP contribution in [0.15, 0.2) is 12.3 Å². The van der Waals surface area contributed by atoms with Gasteiger partial charge in [0.2, 0.25) is 0 Å². The van der Waals surface area contributed by atoms with Gasteiger partial charge >= 0.3 is 0 Å². The van der Waals surface area contributed by atoms with Gasteiger partial charge in [-0.05, 0) is 12.0 Å². The van der Waals surface area contributed by atoms with Crippen molar-refractivity contribution < 1.29 is 5.11 Å². The number of aryl methyl sites for hydroxylation is 1. The molecule has 1 heterocycles. The Bertz CT molecular complexity index is 294. The van der Waals surface area contributed by atoms with Gasteiger partial charge in [0.15, 0.2) is 0 Å². The minimum absolute atomic E-state index is 0.251. The molecule has 0 radical (unpaired) electrons. The number of nitrogens with zero attached hydrogens (tertiary/aromatic N) is 2. The van der Waals surface area contributed by atoms with Crippen molar-refractivity contribution in [2.75, 3.05) is 6.54 Å². The lowest BCUT2D eigenvalue weighted by Gasteiger charge is -2.20. The highest BCUT2D eigenvalue weighted by atomic mass is 16.3. The van der Waals surface area contributed by atoms with Crippen LogP contribution in [-0.4, -0.2) is 27.5 Å². The van der Waals surface area contributed by atoms with Gasteiger partial charge in [-0.3, -0.25) is 4.68 Å². The van der Waals surface area contributed by atoms with E-state index in [1.807, 2.05) is 19.3 Å². The van der Waals surface area contributed by atoms with Gasteiger partial charge in [-0.2, -0.15) is 5.10 Å². The van der Waals surface area contributed by atoms with Gasteiger partial charge in [-0.25, -0.2) is 0 Å². The summed E-state index contributed by atoms with van der Waals surface area (Å²) in [5.41, 5.74) is 1.01. The van der Waals surface area contributed by atoms with Gasteiger partial charge in [-0.15, -0.1) is 0 Å². The van der Waals surface area contributed by atoms with Crippen LogP contribution in [-0.2, 0) is 13.6 Å². The smallest absolute Gasteiger partial charge is 0.0762 e. The van der Waals surface area contributed by atoms with Gasteiger partial charge in [0.1, 0.15) is 0 Å². The zero-order valence-corrected chi connectivity index (χ0v) is 10.5. The van der Waals surface area contributed by atoms with Gasteiger partial charge in [0.25, 0.3) is 0 Å². The van der Waals surface area contributed by atoms with E-state index in [0.29, 0.717) is 12.5 Å². The quantitative estimate of drug-likeness (QED) is 0.735. The van der Waals surface area contributed by atoms with E-state index < -0.39 is 0 Å². The van der Waals surface area contributed by atoms with Crippen molar-refractivity contribution in [2.45, 2.75) is 39.3 Å². The Morgan fingerprint density at radius 2 is 2.12 bits per heavy atom. The van der Waals surface area contributed by atoms with Crippen molar-refractivity contribution in [3.8, 4) is 0 Å². The molecule has 0 aliphatic heterocycles. The molecule has 16 heavy (non-hydrogen) atoms. The van der Waals surface area contributed by atoms with E-state index in [1.54, 1.807) is 4.68 Å². The Kier molecular flexibility index (Phi) is 5.49. The predicted octanol–water partition coefficient (Wildman–Crippen LogP) is 1.31. The number of aliphatic hydroxyl groups excluding tert-OH is 1. The van der Waals surface area contributed by atoms with Gasteiger partial charge in [0, 0.05) is 26.3 Å². The summed E-state index contributed by atoms with van der Waals surface area (Å²) in [4.78, 5) is 0. The summed E-state index contributed by atoms with van der Waals surface area (Å²) >= 11 is 0. The summed E-state index contributed by atoms with van der Waals surface area (Å²) in [6.45, 7) is 5.60. The van der Waals surface area contributed by atoms with Gasteiger partial charge in [-0.1, -0.05) is 26.7 Å². The van der Waals surface area contributed by atoms with Crippen LogP contribution in [0.25, 0.3) is 0 Å². The van der Waals surface area contributed by atoms with E-state index in [-0.39, 0.29) is 6.10 Å². The molecule has 1 unspecified atom stereocenters. The molecule has 0 fully saturated rings. The largest absolute Gasteiger partial charge is 0.392 e. The fourth-order valence-electron chi connectivity index (χ4n) is 1.91. The van der Waals surface area contributed by atoms with Crippen molar-refractivity contribution in [2.24, 2.45) is 13.0 Å². The average Bonchev–Trinajstić information content (AvgIpc) is 2.66. The number of aliphatic hydroxyl groups is 1. The van der Waals surface area contributed by atoms with Crippen LogP contribution < -0.4 is 5.32 Å². The molecule has 1 aromatic heterocycles.